The summed E-state index contributed by atoms with van der Waals surface area (Å²) in [5, 5.41) is 35.2. The van der Waals surface area contributed by atoms with E-state index in [1.165, 1.54) is 21.7 Å². The largest absolute Gasteiger partial charge is 0.416 e. The Hall–Kier alpha value is -4.82. The second-order valence-corrected chi connectivity index (χ2v) is 7.32. The van der Waals surface area contributed by atoms with Crippen LogP contribution in [0, 0.1) is 34.0 Å². The number of nitriles is 3. The number of anilines is 3. The predicted molar refractivity (Wildman–Crippen MR) is 115 cm³/mol. The van der Waals surface area contributed by atoms with Crippen molar-refractivity contribution in [2.24, 2.45) is 0 Å². The zero-order chi connectivity index (χ0) is 24.5. The topological polar surface area (TPSA) is 117 Å². The summed E-state index contributed by atoms with van der Waals surface area (Å²) in [4.78, 5) is 5.83. The van der Waals surface area contributed by atoms with Crippen molar-refractivity contribution in [1.29, 1.82) is 15.8 Å². The lowest BCUT2D eigenvalue weighted by Crippen LogP contribution is -2.31. The van der Waals surface area contributed by atoms with Gasteiger partial charge in [0, 0.05) is 11.4 Å². The van der Waals surface area contributed by atoms with Gasteiger partial charge in [-0.25, -0.2) is 4.68 Å². The minimum atomic E-state index is -4.56. The smallest absolute Gasteiger partial charge is 0.340 e. The molecule has 1 atom stereocenters. The van der Waals surface area contributed by atoms with Gasteiger partial charge in [0.25, 0.3) is 0 Å². The number of hydrogen-bond donors (Lipinski definition) is 1. The molecular formula is C23H15F3N8. The molecule has 1 N–H and O–H groups in total. The number of rotatable bonds is 4. The van der Waals surface area contributed by atoms with Gasteiger partial charge in [-0.1, -0.05) is 18.2 Å². The molecule has 3 aromatic rings. The summed E-state index contributed by atoms with van der Waals surface area (Å²) < 4.78 is 41.6. The highest BCUT2D eigenvalue weighted by molar-refractivity contribution is 5.69. The Morgan fingerprint density at radius 2 is 1.79 bits per heavy atom. The molecule has 4 rings (SSSR count). The molecule has 11 heteroatoms. The Bertz CT molecular complexity index is 1400. The van der Waals surface area contributed by atoms with Crippen molar-refractivity contribution in [2.75, 3.05) is 16.8 Å². The Labute approximate surface area is 192 Å². The number of aromatic nitrogens is 3. The molecule has 2 heterocycles. The number of halogens is 3. The fourth-order valence-electron chi connectivity index (χ4n) is 3.75. The standard InChI is InChI=1S/C23H15F3N8/c1-14-19(13-29)20(16-7-5-15(12-28)6-8-16)34-22(31-21(32-34)30-10-9-27)33(14)18-4-2-3-17(11-18)23(24,25)26/h2-8,11,20H,10H2,1H3,(H,30,32)/t20-/m1/s1. The van der Waals surface area contributed by atoms with Crippen molar-refractivity contribution in [3.05, 3.63) is 76.5 Å². The van der Waals surface area contributed by atoms with Gasteiger partial charge in [0.2, 0.25) is 11.9 Å². The number of alkyl halides is 3. The highest BCUT2D eigenvalue weighted by Crippen LogP contribution is 2.43. The van der Waals surface area contributed by atoms with Crippen LogP contribution >= 0.6 is 0 Å². The minimum absolute atomic E-state index is 0.0826. The summed E-state index contributed by atoms with van der Waals surface area (Å²) in [5.41, 5.74) is 0.989. The van der Waals surface area contributed by atoms with Crippen LogP contribution < -0.4 is 10.2 Å². The summed E-state index contributed by atoms with van der Waals surface area (Å²) >= 11 is 0. The molecule has 1 aromatic heterocycles. The van der Waals surface area contributed by atoms with Crippen molar-refractivity contribution in [2.45, 2.75) is 19.1 Å². The number of allylic oxidation sites excluding steroid dienone is 2. The van der Waals surface area contributed by atoms with E-state index in [0.717, 1.165) is 12.1 Å². The number of nitrogens with one attached hydrogen (secondary N) is 1. The minimum Gasteiger partial charge on any atom is -0.340 e. The van der Waals surface area contributed by atoms with E-state index < -0.39 is 17.8 Å². The maximum atomic E-state index is 13.4. The first-order valence-electron chi connectivity index (χ1n) is 9.94. The van der Waals surface area contributed by atoms with Crippen LogP contribution in [-0.2, 0) is 6.18 Å². The molecule has 168 valence electrons. The average molecular weight is 460 g/mol. The second-order valence-electron chi connectivity index (χ2n) is 7.32. The van der Waals surface area contributed by atoms with E-state index in [4.69, 9.17) is 10.5 Å². The Balaban J connectivity index is 1.93. The molecule has 0 fully saturated rings. The Kier molecular flexibility index (Phi) is 5.66. The fraction of sp³-hybridized carbons (Fsp3) is 0.174. The van der Waals surface area contributed by atoms with Crippen LogP contribution in [0.3, 0.4) is 0 Å². The number of fused-ring (bicyclic) bond motifs is 1. The summed E-state index contributed by atoms with van der Waals surface area (Å²) in [6.45, 7) is 1.53. The first-order valence-corrected chi connectivity index (χ1v) is 9.94. The van der Waals surface area contributed by atoms with Crippen molar-refractivity contribution in [3.8, 4) is 18.2 Å². The predicted octanol–water partition coefficient (Wildman–Crippen LogP) is 4.64. The van der Waals surface area contributed by atoms with Gasteiger partial charge < -0.3 is 5.32 Å². The van der Waals surface area contributed by atoms with Crippen LogP contribution in [-0.4, -0.2) is 21.3 Å². The molecule has 0 spiro atoms. The maximum Gasteiger partial charge on any atom is 0.416 e. The molecule has 0 saturated carbocycles. The quantitative estimate of drug-likeness (QED) is 0.564. The third-order valence-electron chi connectivity index (χ3n) is 5.29. The lowest BCUT2D eigenvalue weighted by molar-refractivity contribution is -0.137. The highest BCUT2D eigenvalue weighted by atomic mass is 19.4. The van der Waals surface area contributed by atoms with Crippen LogP contribution in [0.2, 0.25) is 0 Å². The molecule has 1 aliphatic rings. The summed E-state index contributed by atoms with van der Waals surface area (Å²) in [5.74, 6) is 0.254. The monoisotopic (exact) mass is 460 g/mol. The molecule has 0 amide bonds. The van der Waals surface area contributed by atoms with Crippen molar-refractivity contribution >= 4 is 17.6 Å². The van der Waals surface area contributed by atoms with Crippen molar-refractivity contribution in [3.63, 3.8) is 0 Å². The summed E-state index contributed by atoms with van der Waals surface area (Å²) in [6, 6.07) is 16.6. The van der Waals surface area contributed by atoms with Gasteiger partial charge in [0.05, 0.1) is 34.9 Å². The first-order chi connectivity index (χ1) is 16.3. The first kappa shape index (κ1) is 22.4. The van der Waals surface area contributed by atoms with Crippen LogP contribution in [0.15, 0.2) is 59.8 Å². The molecule has 0 radical (unpaired) electrons. The maximum absolute atomic E-state index is 13.4. The van der Waals surface area contributed by atoms with E-state index in [1.807, 2.05) is 12.1 Å². The van der Waals surface area contributed by atoms with Gasteiger partial charge in [-0.05, 0) is 42.8 Å². The fourth-order valence-corrected chi connectivity index (χ4v) is 3.75. The normalized spacial score (nSPS) is 15.2. The van der Waals surface area contributed by atoms with Crippen LogP contribution in [0.5, 0.6) is 0 Å². The van der Waals surface area contributed by atoms with E-state index in [-0.39, 0.29) is 29.7 Å². The molecule has 0 bridgehead atoms. The van der Waals surface area contributed by atoms with Gasteiger partial charge in [-0.15, -0.1) is 5.10 Å². The lowest BCUT2D eigenvalue weighted by atomic mass is 9.95. The summed E-state index contributed by atoms with van der Waals surface area (Å²) in [6.07, 6.45) is -4.56. The number of hydrogen-bond acceptors (Lipinski definition) is 7. The zero-order valence-electron chi connectivity index (χ0n) is 17.7. The van der Waals surface area contributed by atoms with Gasteiger partial charge >= 0.3 is 6.18 Å². The highest BCUT2D eigenvalue weighted by Gasteiger charge is 2.37. The van der Waals surface area contributed by atoms with Crippen LogP contribution in [0.1, 0.15) is 29.7 Å². The third-order valence-corrected chi connectivity index (χ3v) is 5.29. The van der Waals surface area contributed by atoms with Gasteiger partial charge in [0.15, 0.2) is 0 Å². The molecular weight excluding hydrogens is 445 g/mol. The average Bonchev–Trinajstić information content (AvgIpc) is 3.24. The molecule has 8 nitrogen and oxygen atoms in total. The molecule has 0 unspecified atom stereocenters. The van der Waals surface area contributed by atoms with Crippen molar-refractivity contribution < 1.29 is 13.2 Å². The zero-order valence-corrected chi connectivity index (χ0v) is 17.7. The Morgan fingerprint density at radius 3 is 2.41 bits per heavy atom. The van der Waals surface area contributed by atoms with E-state index >= 15 is 0 Å². The van der Waals surface area contributed by atoms with Crippen LogP contribution in [0.25, 0.3) is 0 Å². The molecule has 34 heavy (non-hydrogen) atoms. The molecule has 0 saturated heterocycles. The van der Waals surface area contributed by atoms with E-state index in [2.05, 4.69) is 21.5 Å². The van der Waals surface area contributed by atoms with E-state index in [1.54, 1.807) is 31.2 Å². The Morgan fingerprint density at radius 1 is 1.06 bits per heavy atom. The van der Waals surface area contributed by atoms with E-state index in [9.17, 15) is 18.4 Å². The van der Waals surface area contributed by atoms with Gasteiger partial charge in [0.1, 0.15) is 12.6 Å². The third kappa shape index (κ3) is 3.89. The summed E-state index contributed by atoms with van der Waals surface area (Å²) in [7, 11) is 0. The van der Waals surface area contributed by atoms with Crippen molar-refractivity contribution in [1.82, 2.24) is 14.8 Å². The van der Waals surface area contributed by atoms with E-state index in [0.29, 0.717) is 16.8 Å². The second kappa shape index (κ2) is 8.61. The number of benzene rings is 2. The number of nitrogens with zero attached hydrogens (tertiary/aromatic N) is 7. The SMILES string of the molecule is CC1=C(C#N)[C@@H](c2ccc(C#N)cc2)n2nc(NCC#N)nc2N1c1cccc(C(F)(F)F)c1. The molecule has 2 aromatic carbocycles. The van der Waals surface area contributed by atoms with Gasteiger partial charge in [-0.2, -0.15) is 33.9 Å². The molecule has 1 aliphatic heterocycles. The lowest BCUT2D eigenvalue weighted by Gasteiger charge is -2.34. The molecule has 0 aliphatic carbocycles. The van der Waals surface area contributed by atoms with Gasteiger partial charge in [-0.3, -0.25) is 4.90 Å². The van der Waals surface area contributed by atoms with Crippen LogP contribution in [0.4, 0.5) is 30.8 Å².